The molecule has 0 aliphatic carbocycles. The van der Waals surface area contributed by atoms with E-state index in [9.17, 15) is 4.79 Å². The fourth-order valence-corrected chi connectivity index (χ4v) is 1.77. The molecule has 0 aliphatic heterocycles. The minimum Gasteiger partial charge on any atom is -0.381 e. The molecule has 3 nitrogen and oxygen atoms in total. The number of nitrogens with zero attached hydrogens (tertiary/aromatic N) is 1. The van der Waals surface area contributed by atoms with Crippen molar-refractivity contribution in [2.75, 3.05) is 31.5 Å². The van der Waals surface area contributed by atoms with E-state index in [-0.39, 0.29) is 5.43 Å². The van der Waals surface area contributed by atoms with Gasteiger partial charge in [-0.1, -0.05) is 26.1 Å². The summed E-state index contributed by atoms with van der Waals surface area (Å²) in [6.45, 7) is 8.28. The summed E-state index contributed by atoms with van der Waals surface area (Å²) in [5, 5.41) is 3.10. The van der Waals surface area contributed by atoms with Gasteiger partial charge in [-0.15, -0.1) is 0 Å². The molecule has 4 heteroatoms. The molecule has 0 spiro atoms. The predicted octanol–water partition coefficient (Wildman–Crippen LogP) is 1.80. The molecule has 84 valence electrons. The lowest BCUT2D eigenvalue weighted by Crippen LogP contribution is -2.30. The molecule has 1 N–H and O–H groups in total. The van der Waals surface area contributed by atoms with Crippen LogP contribution in [0.15, 0.2) is 10.9 Å². The zero-order chi connectivity index (χ0) is 11.3. The molecule has 0 unspecified atom stereocenters. The third kappa shape index (κ3) is 3.39. The number of anilines is 1. The Labute approximate surface area is 95.8 Å². The fourth-order valence-electron chi connectivity index (χ4n) is 1.54. The van der Waals surface area contributed by atoms with Crippen LogP contribution in [-0.4, -0.2) is 31.1 Å². The molecule has 0 heterocycles. The van der Waals surface area contributed by atoms with E-state index in [4.69, 9.17) is 12.2 Å². The summed E-state index contributed by atoms with van der Waals surface area (Å²) >= 11 is 4.77. The second-order valence-corrected chi connectivity index (χ2v) is 4.05. The Bertz CT molecular complexity index is 368. The van der Waals surface area contributed by atoms with Crippen molar-refractivity contribution >= 4 is 17.9 Å². The van der Waals surface area contributed by atoms with Crippen LogP contribution in [0.1, 0.15) is 20.3 Å². The largest absolute Gasteiger partial charge is 0.381 e. The molecular formula is C11H18N2OS. The molecule has 1 aromatic rings. The molecule has 0 fully saturated rings. The Balaban J connectivity index is 2.24. The highest BCUT2D eigenvalue weighted by atomic mass is 32.1. The molecule has 0 aliphatic rings. The van der Waals surface area contributed by atoms with Crippen molar-refractivity contribution < 1.29 is 0 Å². The van der Waals surface area contributed by atoms with E-state index in [1.54, 1.807) is 6.07 Å². The highest BCUT2D eigenvalue weighted by molar-refractivity contribution is 7.71. The van der Waals surface area contributed by atoms with Crippen molar-refractivity contribution in [3.63, 3.8) is 0 Å². The molecule has 15 heavy (non-hydrogen) atoms. The Morgan fingerprint density at radius 1 is 1.40 bits per heavy atom. The van der Waals surface area contributed by atoms with Gasteiger partial charge >= 0.3 is 0 Å². The van der Waals surface area contributed by atoms with E-state index >= 15 is 0 Å². The fraction of sp³-hybridized carbons (Fsp3) is 0.636. The van der Waals surface area contributed by atoms with Gasteiger partial charge in [-0.25, -0.2) is 0 Å². The lowest BCUT2D eigenvalue weighted by atomic mass is 10.2. The summed E-state index contributed by atoms with van der Waals surface area (Å²) in [4.78, 5) is 13.5. The zero-order valence-corrected chi connectivity index (χ0v) is 10.2. The van der Waals surface area contributed by atoms with Crippen LogP contribution in [0.3, 0.4) is 0 Å². The van der Waals surface area contributed by atoms with Crippen molar-refractivity contribution in [2.24, 2.45) is 0 Å². The molecule has 0 aromatic heterocycles. The van der Waals surface area contributed by atoms with Gasteiger partial charge in [-0.2, -0.15) is 0 Å². The summed E-state index contributed by atoms with van der Waals surface area (Å²) in [5.41, 5.74) is 0.663. The van der Waals surface area contributed by atoms with Gasteiger partial charge in [0.1, 0.15) is 0 Å². The monoisotopic (exact) mass is 226 g/mol. The van der Waals surface area contributed by atoms with Gasteiger partial charge in [0.2, 0.25) is 5.43 Å². The first-order valence-corrected chi connectivity index (χ1v) is 5.86. The van der Waals surface area contributed by atoms with Crippen LogP contribution >= 0.6 is 12.2 Å². The van der Waals surface area contributed by atoms with Crippen molar-refractivity contribution in [3.8, 4) is 0 Å². The molecule has 0 saturated heterocycles. The van der Waals surface area contributed by atoms with Gasteiger partial charge in [-0.05, 0) is 25.6 Å². The van der Waals surface area contributed by atoms with Gasteiger partial charge in [0.25, 0.3) is 0 Å². The van der Waals surface area contributed by atoms with Crippen LogP contribution in [0.2, 0.25) is 0 Å². The van der Waals surface area contributed by atoms with Crippen LogP contribution in [0.5, 0.6) is 0 Å². The lowest BCUT2D eigenvalue weighted by Gasteiger charge is -2.19. The first kappa shape index (κ1) is 12.3. The summed E-state index contributed by atoms with van der Waals surface area (Å²) in [6.07, 6.45) is 1.17. The second kappa shape index (κ2) is 5.98. The Kier molecular flexibility index (Phi) is 4.91. The van der Waals surface area contributed by atoms with Crippen LogP contribution in [0, 0.1) is 4.51 Å². The first-order valence-electron chi connectivity index (χ1n) is 5.45. The van der Waals surface area contributed by atoms with Crippen molar-refractivity contribution in [2.45, 2.75) is 20.3 Å². The third-order valence-electron chi connectivity index (χ3n) is 2.47. The second-order valence-electron chi connectivity index (χ2n) is 3.61. The van der Waals surface area contributed by atoms with Crippen LogP contribution in [-0.2, 0) is 0 Å². The topological polar surface area (TPSA) is 32.3 Å². The van der Waals surface area contributed by atoms with Crippen LogP contribution in [0.4, 0.5) is 5.69 Å². The van der Waals surface area contributed by atoms with Gasteiger partial charge < -0.3 is 10.2 Å². The molecule has 0 amide bonds. The van der Waals surface area contributed by atoms with Crippen LogP contribution in [0.25, 0.3) is 0 Å². The average Bonchev–Trinajstić information content (AvgIpc) is 2.26. The number of nitrogens with one attached hydrogen (secondary N) is 1. The molecule has 0 radical (unpaired) electrons. The normalized spacial score (nSPS) is 11.1. The van der Waals surface area contributed by atoms with Gasteiger partial charge in [-0.3, -0.25) is 4.79 Å². The lowest BCUT2D eigenvalue weighted by molar-refractivity contribution is 0.300. The standard InChI is InChI=1S/C11H18N2OS/c1-3-6-13(4-2)7-5-12-9-8-10(15)11(9)14/h8,12H,3-7H2,1-2H3. The smallest absolute Gasteiger partial charge is 0.219 e. The zero-order valence-electron chi connectivity index (χ0n) is 9.38. The number of likely N-dealkylation sites (N-methyl/N-ethyl adjacent to an activating group) is 1. The average molecular weight is 226 g/mol. The number of rotatable bonds is 7. The van der Waals surface area contributed by atoms with E-state index in [0.29, 0.717) is 10.2 Å². The molecule has 0 bridgehead atoms. The number of hydrogen-bond donors (Lipinski definition) is 1. The van der Waals surface area contributed by atoms with Gasteiger partial charge in [0.15, 0.2) is 0 Å². The van der Waals surface area contributed by atoms with Gasteiger partial charge in [0.05, 0.1) is 10.2 Å². The maximum atomic E-state index is 11.1. The highest BCUT2D eigenvalue weighted by Crippen LogP contribution is 2.03. The SMILES string of the molecule is CCCN(CC)CCNc1cc(=S)c1=O. The molecule has 0 atom stereocenters. The van der Waals surface area contributed by atoms with Crippen LogP contribution < -0.4 is 10.7 Å². The molecule has 1 aromatic carbocycles. The summed E-state index contributed by atoms with van der Waals surface area (Å²) < 4.78 is 0.443. The maximum Gasteiger partial charge on any atom is 0.219 e. The van der Waals surface area contributed by atoms with Crippen molar-refractivity contribution in [3.05, 3.63) is 20.8 Å². The molecule has 1 rings (SSSR count). The molecular weight excluding hydrogens is 208 g/mol. The first-order chi connectivity index (χ1) is 7.19. The van der Waals surface area contributed by atoms with Crippen molar-refractivity contribution in [1.82, 2.24) is 4.90 Å². The summed E-state index contributed by atoms with van der Waals surface area (Å²) in [5.74, 6) is 0. The Morgan fingerprint density at radius 3 is 2.60 bits per heavy atom. The van der Waals surface area contributed by atoms with E-state index in [1.807, 2.05) is 0 Å². The van der Waals surface area contributed by atoms with E-state index in [2.05, 4.69) is 24.1 Å². The maximum absolute atomic E-state index is 11.1. The third-order valence-corrected chi connectivity index (χ3v) is 2.78. The Morgan fingerprint density at radius 2 is 2.13 bits per heavy atom. The number of hydrogen-bond acceptors (Lipinski definition) is 4. The van der Waals surface area contributed by atoms with E-state index in [0.717, 1.165) is 26.2 Å². The van der Waals surface area contributed by atoms with E-state index < -0.39 is 0 Å². The highest BCUT2D eigenvalue weighted by Gasteiger charge is 2.06. The quantitative estimate of drug-likeness (QED) is 0.719. The summed E-state index contributed by atoms with van der Waals surface area (Å²) in [7, 11) is 0. The summed E-state index contributed by atoms with van der Waals surface area (Å²) in [6, 6.07) is 1.73. The molecule has 0 saturated carbocycles. The van der Waals surface area contributed by atoms with E-state index in [1.165, 1.54) is 6.42 Å². The Hall–Kier alpha value is -0.740. The van der Waals surface area contributed by atoms with Gasteiger partial charge in [0, 0.05) is 13.1 Å². The minimum absolute atomic E-state index is 0.0106. The van der Waals surface area contributed by atoms with Crippen molar-refractivity contribution in [1.29, 1.82) is 0 Å². The minimum atomic E-state index is -0.0106. The predicted molar refractivity (Wildman–Crippen MR) is 66.8 cm³/mol.